The van der Waals surface area contributed by atoms with Crippen LogP contribution >= 0.6 is 0 Å². The maximum Gasteiger partial charge on any atom is 0.163 e. The van der Waals surface area contributed by atoms with Gasteiger partial charge in [0.2, 0.25) is 0 Å². The number of hydrazine groups is 1. The monoisotopic (exact) mass is 432 g/mol. The Labute approximate surface area is 192 Å². The summed E-state index contributed by atoms with van der Waals surface area (Å²) in [7, 11) is 0. The molecule has 0 saturated heterocycles. The zero-order valence-corrected chi connectivity index (χ0v) is 19.7. The molecule has 1 aliphatic heterocycles. The summed E-state index contributed by atoms with van der Waals surface area (Å²) in [4.78, 5) is 26.2. The van der Waals surface area contributed by atoms with E-state index >= 15 is 0 Å². The van der Waals surface area contributed by atoms with Crippen LogP contribution in [0.3, 0.4) is 0 Å². The van der Waals surface area contributed by atoms with E-state index in [1.165, 1.54) is 16.7 Å². The lowest BCUT2D eigenvalue weighted by atomic mass is 9.89. The number of ketones is 2. The lowest BCUT2D eigenvalue weighted by molar-refractivity contribution is -0.124. The van der Waals surface area contributed by atoms with Crippen molar-refractivity contribution in [2.75, 3.05) is 5.43 Å². The Balaban J connectivity index is 1.45. The van der Waals surface area contributed by atoms with E-state index in [0.29, 0.717) is 6.42 Å². The first-order valence-corrected chi connectivity index (χ1v) is 12.4. The van der Waals surface area contributed by atoms with Crippen LogP contribution in [0.1, 0.15) is 96.6 Å². The number of carbonyl (C=O) groups is 2. The number of hydrogen-bond donors (Lipinski definition) is 2. The summed E-state index contributed by atoms with van der Waals surface area (Å²) in [6.45, 7) is 6.36. The molecule has 2 N–H and O–H groups in total. The smallest absolute Gasteiger partial charge is 0.163 e. The van der Waals surface area contributed by atoms with Gasteiger partial charge < -0.3 is 5.43 Å². The van der Waals surface area contributed by atoms with Crippen molar-refractivity contribution in [2.45, 2.75) is 84.6 Å². The lowest BCUT2D eigenvalue weighted by Crippen LogP contribution is -2.30. The molecule has 1 aliphatic carbocycles. The summed E-state index contributed by atoms with van der Waals surface area (Å²) < 4.78 is 0. The van der Waals surface area contributed by atoms with Crippen LogP contribution in [0.15, 0.2) is 30.3 Å². The van der Waals surface area contributed by atoms with E-state index in [1.807, 2.05) is 19.1 Å². The number of hydrogen-bond acceptors (Lipinski definition) is 4. The van der Waals surface area contributed by atoms with Crippen LogP contribution in [-0.2, 0) is 24.1 Å². The van der Waals surface area contributed by atoms with E-state index in [4.69, 9.17) is 0 Å². The molecule has 1 unspecified atom stereocenters. The van der Waals surface area contributed by atoms with Gasteiger partial charge >= 0.3 is 0 Å². The Hall–Kier alpha value is -2.46. The Morgan fingerprint density at radius 2 is 1.78 bits per heavy atom. The van der Waals surface area contributed by atoms with Crippen molar-refractivity contribution in [3.05, 3.63) is 63.7 Å². The molecular weight excluding hydrogens is 396 g/mol. The molecule has 1 atom stereocenters. The van der Waals surface area contributed by atoms with Gasteiger partial charge in [-0.15, -0.1) is 0 Å². The number of fused-ring (bicyclic) bond motifs is 1. The highest BCUT2D eigenvalue weighted by molar-refractivity contribution is 5.99. The summed E-state index contributed by atoms with van der Waals surface area (Å²) in [5, 5.41) is 0. The van der Waals surface area contributed by atoms with E-state index in [0.717, 1.165) is 73.7 Å². The normalized spacial score (nSPS) is 17.9. The van der Waals surface area contributed by atoms with Crippen molar-refractivity contribution in [1.82, 2.24) is 5.43 Å². The Morgan fingerprint density at radius 3 is 2.50 bits per heavy atom. The first kappa shape index (κ1) is 22.7. The van der Waals surface area contributed by atoms with Crippen LogP contribution < -0.4 is 10.9 Å². The molecule has 1 saturated carbocycles. The molecule has 0 spiro atoms. The molecule has 0 radical (unpaired) electrons. The van der Waals surface area contributed by atoms with Crippen LogP contribution in [-0.4, -0.2) is 11.6 Å². The fourth-order valence-corrected chi connectivity index (χ4v) is 5.32. The number of Topliss-reactive ketones (excluding diaryl/α,β-unsaturated/α-hetero) is 2. The molecule has 0 bridgehead atoms. The van der Waals surface area contributed by atoms with Crippen LogP contribution in [0.4, 0.5) is 5.69 Å². The molecule has 4 nitrogen and oxygen atoms in total. The van der Waals surface area contributed by atoms with Crippen LogP contribution in [0.2, 0.25) is 0 Å². The van der Waals surface area contributed by atoms with Crippen molar-refractivity contribution >= 4 is 17.3 Å². The summed E-state index contributed by atoms with van der Waals surface area (Å²) in [6.07, 6.45) is 8.62. The van der Waals surface area contributed by atoms with Gasteiger partial charge in [0.25, 0.3) is 0 Å². The number of carbonyl (C=O) groups excluding carboxylic acids is 2. The van der Waals surface area contributed by atoms with Gasteiger partial charge in [-0.25, -0.2) is 5.43 Å². The highest BCUT2D eigenvalue weighted by Gasteiger charge is 2.35. The third-order valence-electron chi connectivity index (χ3n) is 7.31. The molecule has 1 fully saturated rings. The van der Waals surface area contributed by atoms with E-state index < -0.39 is 0 Å². The fourth-order valence-electron chi connectivity index (χ4n) is 5.32. The third-order valence-corrected chi connectivity index (χ3v) is 7.31. The minimum atomic E-state index is -0.343. The van der Waals surface area contributed by atoms with Gasteiger partial charge in [0, 0.05) is 23.5 Å². The Bertz CT molecular complexity index is 1000. The highest BCUT2D eigenvalue weighted by Crippen LogP contribution is 2.37. The molecular formula is C28H36N2O2. The molecule has 2 aromatic rings. The van der Waals surface area contributed by atoms with Crippen LogP contribution in [0, 0.1) is 12.8 Å². The molecule has 4 rings (SSSR count). The molecule has 2 aromatic carbocycles. The van der Waals surface area contributed by atoms with E-state index in [1.54, 1.807) is 0 Å². The summed E-state index contributed by atoms with van der Waals surface area (Å²) >= 11 is 0. The number of nitrogens with one attached hydrogen (secondary N) is 2. The number of aryl methyl sites for hydroxylation is 4. The highest BCUT2D eigenvalue weighted by atomic mass is 16.1. The van der Waals surface area contributed by atoms with Crippen molar-refractivity contribution in [1.29, 1.82) is 0 Å². The van der Waals surface area contributed by atoms with Crippen LogP contribution in [0.5, 0.6) is 0 Å². The number of rotatable bonds is 9. The number of anilines is 1. The zero-order valence-electron chi connectivity index (χ0n) is 19.7. The van der Waals surface area contributed by atoms with Gasteiger partial charge in [-0.05, 0) is 79.8 Å². The van der Waals surface area contributed by atoms with E-state index in [-0.39, 0.29) is 23.5 Å². The fraction of sp³-hybridized carbons (Fsp3) is 0.500. The number of benzene rings is 2. The third kappa shape index (κ3) is 4.66. The molecule has 170 valence electrons. The quantitative estimate of drug-likeness (QED) is 0.473. The van der Waals surface area contributed by atoms with Gasteiger partial charge in [-0.2, -0.15) is 0 Å². The molecule has 0 aromatic heterocycles. The van der Waals surface area contributed by atoms with Gasteiger partial charge in [0.05, 0.1) is 5.69 Å². The van der Waals surface area contributed by atoms with Crippen molar-refractivity contribution in [3.63, 3.8) is 0 Å². The Morgan fingerprint density at radius 1 is 1.00 bits per heavy atom. The van der Waals surface area contributed by atoms with Crippen molar-refractivity contribution in [2.24, 2.45) is 5.92 Å². The van der Waals surface area contributed by atoms with Crippen LogP contribution in [0.25, 0.3) is 0 Å². The molecule has 2 aliphatic rings. The average Bonchev–Trinajstić information content (AvgIpc) is 3.48. The first-order valence-electron chi connectivity index (χ1n) is 12.4. The Kier molecular flexibility index (Phi) is 7.10. The maximum absolute atomic E-state index is 13.1. The largest absolute Gasteiger partial charge is 0.320 e. The van der Waals surface area contributed by atoms with Gasteiger partial charge in [0.15, 0.2) is 11.6 Å². The first-order chi connectivity index (χ1) is 15.5. The van der Waals surface area contributed by atoms with Gasteiger partial charge in [-0.3, -0.25) is 9.59 Å². The van der Waals surface area contributed by atoms with Crippen molar-refractivity contribution in [3.8, 4) is 0 Å². The minimum Gasteiger partial charge on any atom is -0.320 e. The minimum absolute atomic E-state index is 0.146. The second kappa shape index (κ2) is 9.99. The molecule has 4 heteroatoms. The van der Waals surface area contributed by atoms with Gasteiger partial charge in [-0.1, -0.05) is 44.9 Å². The molecule has 0 amide bonds. The molecule has 32 heavy (non-hydrogen) atoms. The standard InChI is InChI=1S/C28H36N2O2/c1-4-19-13-14-20(5-2)22(16-19)11-8-12-26(31)23-17-24-25(15-18(23)3)29-30-27(24)28(32)21-9-6-7-10-21/h13-17,21,27,29-30H,4-12H2,1-3H3. The summed E-state index contributed by atoms with van der Waals surface area (Å²) in [5.74, 6) is 0.584. The van der Waals surface area contributed by atoms with E-state index in [9.17, 15) is 9.59 Å². The predicted octanol–water partition coefficient (Wildman–Crippen LogP) is 6.06. The topological polar surface area (TPSA) is 58.2 Å². The average molecular weight is 433 g/mol. The lowest BCUT2D eigenvalue weighted by Gasteiger charge is -2.16. The van der Waals surface area contributed by atoms with Crippen molar-refractivity contribution < 1.29 is 9.59 Å². The maximum atomic E-state index is 13.1. The molecule has 1 heterocycles. The summed E-state index contributed by atoms with van der Waals surface area (Å²) in [6, 6.07) is 10.4. The predicted molar refractivity (Wildman–Crippen MR) is 130 cm³/mol. The van der Waals surface area contributed by atoms with E-state index in [2.05, 4.69) is 42.9 Å². The second-order valence-corrected chi connectivity index (χ2v) is 9.43. The second-order valence-electron chi connectivity index (χ2n) is 9.43. The van der Waals surface area contributed by atoms with Gasteiger partial charge in [0.1, 0.15) is 6.04 Å². The summed E-state index contributed by atoms with van der Waals surface area (Å²) in [5.41, 5.74) is 14.0. The zero-order chi connectivity index (χ0) is 22.7. The SMILES string of the molecule is CCc1ccc(CC)c(CCCC(=O)c2cc3c(cc2C)NNC3C(=O)C2CCCC2)c1.